The molecule has 3 N–H and O–H groups in total. The SMILES string of the molecule is Cn1c(=O)ccn(CC(=O)NC2CCCCC2CN)c1=O. The summed E-state index contributed by atoms with van der Waals surface area (Å²) in [7, 11) is 1.39. The van der Waals surface area contributed by atoms with Crippen molar-refractivity contribution in [3.05, 3.63) is 33.1 Å². The van der Waals surface area contributed by atoms with Gasteiger partial charge in [-0.2, -0.15) is 0 Å². The third kappa shape index (κ3) is 3.60. The van der Waals surface area contributed by atoms with Crippen molar-refractivity contribution in [3.8, 4) is 0 Å². The molecule has 1 aromatic heterocycles. The van der Waals surface area contributed by atoms with Gasteiger partial charge in [0.2, 0.25) is 5.91 Å². The minimum atomic E-state index is -0.489. The van der Waals surface area contributed by atoms with Crippen molar-refractivity contribution < 1.29 is 4.79 Å². The summed E-state index contributed by atoms with van der Waals surface area (Å²) >= 11 is 0. The maximum atomic E-state index is 12.1. The molecule has 1 fully saturated rings. The van der Waals surface area contributed by atoms with E-state index in [0.29, 0.717) is 12.5 Å². The van der Waals surface area contributed by atoms with Gasteiger partial charge in [0, 0.05) is 25.4 Å². The third-order valence-electron chi connectivity index (χ3n) is 4.13. The molecular formula is C14H22N4O3. The lowest BCUT2D eigenvalue weighted by molar-refractivity contribution is -0.123. The number of aromatic nitrogens is 2. The van der Waals surface area contributed by atoms with Crippen LogP contribution in [0.3, 0.4) is 0 Å². The van der Waals surface area contributed by atoms with Gasteiger partial charge < -0.3 is 11.1 Å². The van der Waals surface area contributed by atoms with E-state index in [9.17, 15) is 14.4 Å². The first-order chi connectivity index (χ1) is 10.0. The molecule has 116 valence electrons. The molecule has 1 aliphatic carbocycles. The lowest BCUT2D eigenvalue weighted by Gasteiger charge is -2.31. The number of hydrogen-bond acceptors (Lipinski definition) is 4. The lowest BCUT2D eigenvalue weighted by atomic mass is 9.84. The van der Waals surface area contributed by atoms with E-state index in [4.69, 9.17) is 5.73 Å². The van der Waals surface area contributed by atoms with Crippen LogP contribution < -0.4 is 22.3 Å². The van der Waals surface area contributed by atoms with E-state index in [0.717, 1.165) is 30.3 Å². The summed E-state index contributed by atoms with van der Waals surface area (Å²) in [5, 5.41) is 2.96. The van der Waals surface area contributed by atoms with Crippen LogP contribution in [0.4, 0.5) is 0 Å². The Bertz CT molecular complexity index is 619. The predicted octanol–water partition coefficient (Wildman–Crippen LogP) is -0.819. The van der Waals surface area contributed by atoms with Crippen molar-refractivity contribution in [2.45, 2.75) is 38.3 Å². The molecule has 1 aromatic rings. The quantitative estimate of drug-likeness (QED) is 0.758. The van der Waals surface area contributed by atoms with Crippen LogP contribution in [0.1, 0.15) is 25.7 Å². The number of nitrogens with one attached hydrogen (secondary N) is 1. The Hall–Kier alpha value is -1.89. The molecule has 2 rings (SSSR count). The Kier molecular flexibility index (Phi) is 4.95. The fourth-order valence-corrected chi connectivity index (χ4v) is 2.82. The molecule has 7 heteroatoms. The average molecular weight is 294 g/mol. The molecule has 2 atom stereocenters. The van der Waals surface area contributed by atoms with Crippen molar-refractivity contribution >= 4 is 5.91 Å². The molecule has 21 heavy (non-hydrogen) atoms. The predicted molar refractivity (Wildman–Crippen MR) is 78.9 cm³/mol. The maximum Gasteiger partial charge on any atom is 0.331 e. The van der Waals surface area contributed by atoms with Crippen molar-refractivity contribution in [2.75, 3.05) is 6.54 Å². The van der Waals surface area contributed by atoms with Crippen LogP contribution in [0, 0.1) is 5.92 Å². The first-order valence-corrected chi connectivity index (χ1v) is 7.29. The molecule has 1 aliphatic rings. The minimum Gasteiger partial charge on any atom is -0.351 e. The Morgan fingerprint density at radius 2 is 2.10 bits per heavy atom. The van der Waals surface area contributed by atoms with Gasteiger partial charge >= 0.3 is 5.69 Å². The van der Waals surface area contributed by atoms with Gasteiger partial charge in [-0.15, -0.1) is 0 Å². The molecule has 0 radical (unpaired) electrons. The minimum absolute atomic E-state index is 0.0826. The summed E-state index contributed by atoms with van der Waals surface area (Å²) < 4.78 is 2.22. The molecule has 0 spiro atoms. The smallest absolute Gasteiger partial charge is 0.331 e. The van der Waals surface area contributed by atoms with Crippen LogP contribution in [-0.4, -0.2) is 27.6 Å². The number of carbonyl (C=O) groups excluding carboxylic acids is 1. The number of nitrogens with zero attached hydrogens (tertiary/aromatic N) is 2. The average Bonchev–Trinajstić information content (AvgIpc) is 2.48. The molecular weight excluding hydrogens is 272 g/mol. The van der Waals surface area contributed by atoms with Gasteiger partial charge in [-0.3, -0.25) is 18.7 Å². The number of carbonyl (C=O) groups is 1. The summed E-state index contributed by atoms with van der Waals surface area (Å²) in [4.78, 5) is 35.3. The van der Waals surface area contributed by atoms with Gasteiger partial charge in [-0.05, 0) is 25.3 Å². The van der Waals surface area contributed by atoms with Crippen molar-refractivity contribution in [1.82, 2.24) is 14.5 Å². The van der Waals surface area contributed by atoms with Crippen molar-refractivity contribution in [3.63, 3.8) is 0 Å². The van der Waals surface area contributed by atoms with Crippen molar-refractivity contribution in [1.29, 1.82) is 0 Å². The molecule has 7 nitrogen and oxygen atoms in total. The van der Waals surface area contributed by atoms with Crippen LogP contribution >= 0.6 is 0 Å². The molecule has 1 heterocycles. The van der Waals surface area contributed by atoms with Crippen LogP contribution in [0.5, 0.6) is 0 Å². The topological polar surface area (TPSA) is 99.1 Å². The normalized spacial score (nSPS) is 22.0. The molecule has 0 saturated heterocycles. The molecule has 0 aliphatic heterocycles. The third-order valence-corrected chi connectivity index (χ3v) is 4.13. The highest BCUT2D eigenvalue weighted by Crippen LogP contribution is 2.23. The highest BCUT2D eigenvalue weighted by molar-refractivity contribution is 5.76. The first kappa shape index (κ1) is 15.5. The standard InChI is InChI=1S/C14H22N4O3/c1-17-13(20)6-7-18(14(17)21)9-12(19)16-11-5-3-2-4-10(11)8-15/h6-7,10-11H,2-5,8-9,15H2,1H3,(H,16,19). The zero-order valence-electron chi connectivity index (χ0n) is 12.2. The van der Waals surface area contributed by atoms with E-state index < -0.39 is 5.69 Å². The number of nitrogens with two attached hydrogens (primary N) is 1. The fourth-order valence-electron chi connectivity index (χ4n) is 2.82. The second-order valence-corrected chi connectivity index (χ2v) is 5.58. The van der Waals surface area contributed by atoms with E-state index in [1.165, 1.54) is 23.9 Å². The second kappa shape index (κ2) is 6.71. The van der Waals surface area contributed by atoms with Gasteiger partial charge in [0.25, 0.3) is 5.56 Å². The molecule has 0 aromatic carbocycles. The molecule has 0 bridgehead atoms. The number of rotatable bonds is 4. The van der Waals surface area contributed by atoms with E-state index in [-0.39, 0.29) is 24.1 Å². The highest BCUT2D eigenvalue weighted by Gasteiger charge is 2.25. The number of hydrogen-bond donors (Lipinski definition) is 2. The summed E-state index contributed by atoms with van der Waals surface area (Å²) in [5.41, 5.74) is 4.87. The lowest BCUT2D eigenvalue weighted by Crippen LogP contribution is -2.47. The summed E-state index contributed by atoms with van der Waals surface area (Å²) in [6.45, 7) is 0.478. The first-order valence-electron chi connectivity index (χ1n) is 7.29. The second-order valence-electron chi connectivity index (χ2n) is 5.58. The highest BCUT2D eigenvalue weighted by atomic mass is 16.2. The largest absolute Gasteiger partial charge is 0.351 e. The van der Waals surface area contributed by atoms with Gasteiger partial charge in [0.05, 0.1) is 0 Å². The zero-order valence-corrected chi connectivity index (χ0v) is 12.2. The Morgan fingerprint density at radius 3 is 2.81 bits per heavy atom. The Balaban J connectivity index is 2.03. The van der Waals surface area contributed by atoms with Gasteiger partial charge in [-0.25, -0.2) is 4.79 Å². The van der Waals surface area contributed by atoms with Crippen LogP contribution in [0.2, 0.25) is 0 Å². The number of amides is 1. The summed E-state index contributed by atoms with van der Waals surface area (Å²) in [5.74, 6) is 0.0839. The Morgan fingerprint density at radius 1 is 1.38 bits per heavy atom. The zero-order chi connectivity index (χ0) is 15.4. The van der Waals surface area contributed by atoms with Crippen LogP contribution in [-0.2, 0) is 18.4 Å². The molecule has 2 unspecified atom stereocenters. The van der Waals surface area contributed by atoms with E-state index in [1.54, 1.807) is 0 Å². The summed E-state index contributed by atoms with van der Waals surface area (Å²) in [6.07, 6.45) is 5.54. The van der Waals surface area contributed by atoms with Gasteiger partial charge in [-0.1, -0.05) is 12.8 Å². The van der Waals surface area contributed by atoms with E-state index >= 15 is 0 Å². The maximum absolute atomic E-state index is 12.1. The van der Waals surface area contributed by atoms with Gasteiger partial charge in [0.1, 0.15) is 6.54 Å². The van der Waals surface area contributed by atoms with Gasteiger partial charge in [0.15, 0.2) is 0 Å². The van der Waals surface area contributed by atoms with Crippen LogP contribution in [0.15, 0.2) is 21.9 Å². The Labute approximate surface area is 122 Å². The fraction of sp³-hybridized carbons (Fsp3) is 0.643. The van der Waals surface area contributed by atoms with E-state index in [2.05, 4.69) is 5.32 Å². The van der Waals surface area contributed by atoms with Crippen molar-refractivity contribution in [2.24, 2.45) is 18.7 Å². The monoisotopic (exact) mass is 294 g/mol. The summed E-state index contributed by atoms with van der Waals surface area (Å²) in [6, 6.07) is 1.36. The van der Waals surface area contributed by atoms with Crippen LogP contribution in [0.25, 0.3) is 0 Å². The molecule has 1 amide bonds. The molecule has 1 saturated carbocycles. The van der Waals surface area contributed by atoms with E-state index in [1.807, 2.05) is 0 Å².